The van der Waals surface area contributed by atoms with Gasteiger partial charge in [0.25, 0.3) is 0 Å². The molecule has 0 atom stereocenters. The number of piperazine rings is 1. The number of urea groups is 1. The van der Waals surface area contributed by atoms with E-state index in [9.17, 15) is 9.59 Å². The average Bonchev–Trinajstić information content (AvgIpc) is 3.29. The number of amides is 3. The zero-order valence-corrected chi connectivity index (χ0v) is 11.4. The summed E-state index contributed by atoms with van der Waals surface area (Å²) in [6.45, 7) is 2.45. The van der Waals surface area contributed by atoms with Crippen LogP contribution in [0.15, 0.2) is 30.3 Å². The van der Waals surface area contributed by atoms with E-state index in [4.69, 9.17) is 0 Å². The topological polar surface area (TPSA) is 52.7 Å². The highest BCUT2D eigenvalue weighted by Gasteiger charge is 2.46. The van der Waals surface area contributed by atoms with Gasteiger partial charge in [-0.3, -0.25) is 4.79 Å². The maximum atomic E-state index is 12.3. The predicted molar refractivity (Wildman–Crippen MR) is 75.1 cm³/mol. The second kappa shape index (κ2) is 5.15. The summed E-state index contributed by atoms with van der Waals surface area (Å²) in [7, 11) is 0. The van der Waals surface area contributed by atoms with Gasteiger partial charge in [-0.1, -0.05) is 30.3 Å². The van der Waals surface area contributed by atoms with Gasteiger partial charge in [0, 0.05) is 26.2 Å². The molecule has 1 aromatic carbocycles. The van der Waals surface area contributed by atoms with Gasteiger partial charge in [-0.15, -0.1) is 0 Å². The van der Waals surface area contributed by atoms with Gasteiger partial charge in [0.2, 0.25) is 6.41 Å². The van der Waals surface area contributed by atoms with Crippen LogP contribution in [0.4, 0.5) is 4.79 Å². The van der Waals surface area contributed by atoms with Crippen LogP contribution in [0.5, 0.6) is 0 Å². The van der Waals surface area contributed by atoms with Crippen LogP contribution < -0.4 is 5.32 Å². The number of nitrogens with one attached hydrogen (secondary N) is 1. The fourth-order valence-electron chi connectivity index (χ4n) is 2.68. The Balaban J connectivity index is 1.61. The normalized spacial score (nSPS) is 20.4. The molecule has 1 aliphatic carbocycles. The van der Waals surface area contributed by atoms with Gasteiger partial charge in [0.05, 0.1) is 5.54 Å². The summed E-state index contributed by atoms with van der Waals surface area (Å²) in [6.07, 6.45) is 2.84. The van der Waals surface area contributed by atoms with Crippen molar-refractivity contribution in [2.24, 2.45) is 0 Å². The van der Waals surface area contributed by atoms with Crippen LogP contribution in [0, 0.1) is 0 Å². The highest BCUT2D eigenvalue weighted by Crippen LogP contribution is 2.45. The molecule has 1 aliphatic heterocycles. The first-order valence-corrected chi connectivity index (χ1v) is 7.05. The predicted octanol–water partition coefficient (Wildman–Crippen LogP) is 1.16. The van der Waals surface area contributed by atoms with E-state index < -0.39 is 0 Å². The number of benzene rings is 1. The Bertz CT molecular complexity index is 491. The molecule has 0 unspecified atom stereocenters. The minimum atomic E-state index is -0.167. The van der Waals surface area contributed by atoms with E-state index in [2.05, 4.69) is 17.4 Å². The Morgan fingerprint density at radius 1 is 1.10 bits per heavy atom. The summed E-state index contributed by atoms with van der Waals surface area (Å²) < 4.78 is 0. The number of carbonyl (C=O) groups excluding carboxylic acids is 2. The minimum Gasteiger partial charge on any atom is -0.342 e. The molecule has 0 radical (unpaired) electrons. The van der Waals surface area contributed by atoms with Crippen LogP contribution in [-0.4, -0.2) is 48.4 Å². The molecule has 2 aliphatic rings. The summed E-state index contributed by atoms with van der Waals surface area (Å²) in [5.41, 5.74) is 1.01. The monoisotopic (exact) mass is 273 g/mol. The van der Waals surface area contributed by atoms with Crippen molar-refractivity contribution in [1.29, 1.82) is 0 Å². The summed E-state index contributed by atoms with van der Waals surface area (Å²) >= 11 is 0. The second-order valence-corrected chi connectivity index (χ2v) is 5.51. The molecule has 1 aromatic rings. The van der Waals surface area contributed by atoms with Crippen molar-refractivity contribution >= 4 is 12.4 Å². The number of rotatable bonds is 3. The van der Waals surface area contributed by atoms with Crippen molar-refractivity contribution in [1.82, 2.24) is 15.1 Å². The van der Waals surface area contributed by atoms with Crippen LogP contribution >= 0.6 is 0 Å². The van der Waals surface area contributed by atoms with Crippen LogP contribution in [0.25, 0.3) is 0 Å². The molecule has 0 spiro atoms. The highest BCUT2D eigenvalue weighted by molar-refractivity contribution is 5.76. The number of carbonyl (C=O) groups is 2. The highest BCUT2D eigenvalue weighted by atomic mass is 16.2. The van der Waals surface area contributed by atoms with Gasteiger partial charge in [-0.25, -0.2) is 4.79 Å². The Morgan fingerprint density at radius 2 is 1.75 bits per heavy atom. The summed E-state index contributed by atoms with van der Waals surface area (Å²) in [4.78, 5) is 26.5. The molecule has 1 saturated carbocycles. The van der Waals surface area contributed by atoms with Gasteiger partial charge in [-0.2, -0.15) is 0 Å². The second-order valence-electron chi connectivity index (χ2n) is 5.51. The molecule has 106 valence electrons. The third-order valence-corrected chi connectivity index (χ3v) is 4.17. The van der Waals surface area contributed by atoms with E-state index in [1.54, 1.807) is 9.80 Å². The summed E-state index contributed by atoms with van der Waals surface area (Å²) in [5.74, 6) is 0. The maximum absolute atomic E-state index is 12.3. The molecule has 1 N–H and O–H groups in total. The van der Waals surface area contributed by atoms with Crippen molar-refractivity contribution in [3.63, 3.8) is 0 Å². The lowest BCUT2D eigenvalue weighted by molar-refractivity contribution is -0.119. The third-order valence-electron chi connectivity index (χ3n) is 4.17. The zero-order valence-electron chi connectivity index (χ0n) is 11.4. The van der Waals surface area contributed by atoms with Crippen LogP contribution in [0.1, 0.15) is 18.4 Å². The lowest BCUT2D eigenvalue weighted by Crippen LogP contribution is -2.53. The SMILES string of the molecule is O=CN1CCN(C(=O)NC2(c3ccccc3)CC2)CC1. The molecule has 0 aromatic heterocycles. The number of hydrogen-bond acceptors (Lipinski definition) is 2. The fourth-order valence-corrected chi connectivity index (χ4v) is 2.68. The van der Waals surface area contributed by atoms with Crippen molar-refractivity contribution in [3.8, 4) is 0 Å². The van der Waals surface area contributed by atoms with Crippen molar-refractivity contribution in [3.05, 3.63) is 35.9 Å². The van der Waals surface area contributed by atoms with E-state index >= 15 is 0 Å². The molecule has 3 rings (SSSR count). The molecule has 5 heteroatoms. The van der Waals surface area contributed by atoms with E-state index in [0.717, 1.165) is 19.3 Å². The Morgan fingerprint density at radius 3 is 2.30 bits per heavy atom. The molecular weight excluding hydrogens is 254 g/mol. The van der Waals surface area contributed by atoms with Crippen molar-refractivity contribution in [2.75, 3.05) is 26.2 Å². The molecule has 5 nitrogen and oxygen atoms in total. The van der Waals surface area contributed by atoms with Gasteiger partial charge >= 0.3 is 6.03 Å². The van der Waals surface area contributed by atoms with E-state index in [0.29, 0.717) is 26.2 Å². The lowest BCUT2D eigenvalue weighted by atomic mass is 10.1. The molecule has 0 bridgehead atoms. The molecule has 2 fully saturated rings. The minimum absolute atomic E-state index is 0.0168. The van der Waals surface area contributed by atoms with Crippen LogP contribution in [0.3, 0.4) is 0 Å². The Kier molecular flexibility index (Phi) is 3.34. The van der Waals surface area contributed by atoms with E-state index in [1.807, 2.05) is 18.2 Å². The molecule has 1 saturated heterocycles. The average molecular weight is 273 g/mol. The first-order valence-electron chi connectivity index (χ1n) is 7.05. The van der Waals surface area contributed by atoms with E-state index in [-0.39, 0.29) is 11.6 Å². The summed E-state index contributed by atoms with van der Waals surface area (Å²) in [5, 5.41) is 3.17. The van der Waals surface area contributed by atoms with Crippen LogP contribution in [-0.2, 0) is 10.3 Å². The molecule has 20 heavy (non-hydrogen) atoms. The van der Waals surface area contributed by atoms with Gasteiger partial charge < -0.3 is 15.1 Å². The molecule has 3 amide bonds. The summed E-state index contributed by atoms with van der Waals surface area (Å²) in [6, 6.07) is 10.1. The lowest BCUT2D eigenvalue weighted by Gasteiger charge is -2.33. The van der Waals surface area contributed by atoms with Crippen molar-refractivity contribution in [2.45, 2.75) is 18.4 Å². The number of nitrogens with zero attached hydrogens (tertiary/aromatic N) is 2. The smallest absolute Gasteiger partial charge is 0.318 e. The Hall–Kier alpha value is -2.04. The molecule has 1 heterocycles. The maximum Gasteiger partial charge on any atom is 0.318 e. The van der Waals surface area contributed by atoms with Gasteiger partial charge in [-0.05, 0) is 18.4 Å². The third kappa shape index (κ3) is 2.48. The number of hydrogen-bond donors (Lipinski definition) is 1. The Labute approximate surface area is 118 Å². The van der Waals surface area contributed by atoms with Gasteiger partial charge in [0.1, 0.15) is 0 Å². The first kappa shape index (κ1) is 13.0. The standard InChI is InChI=1S/C15H19N3O2/c19-12-17-8-10-18(11-9-17)14(20)16-15(6-7-15)13-4-2-1-3-5-13/h1-5,12H,6-11H2,(H,16,20). The quantitative estimate of drug-likeness (QED) is 0.840. The van der Waals surface area contributed by atoms with Crippen molar-refractivity contribution < 1.29 is 9.59 Å². The van der Waals surface area contributed by atoms with Gasteiger partial charge in [0.15, 0.2) is 0 Å². The molecular formula is C15H19N3O2. The first-order chi connectivity index (χ1) is 9.73. The zero-order chi connectivity index (χ0) is 14.0. The fraction of sp³-hybridized carbons (Fsp3) is 0.467. The van der Waals surface area contributed by atoms with Crippen LogP contribution in [0.2, 0.25) is 0 Å². The van der Waals surface area contributed by atoms with E-state index in [1.165, 1.54) is 5.56 Å². The largest absolute Gasteiger partial charge is 0.342 e.